The summed E-state index contributed by atoms with van der Waals surface area (Å²) in [6, 6.07) is 9.34. The zero-order chi connectivity index (χ0) is 19.2. The van der Waals surface area contributed by atoms with Crippen molar-refractivity contribution < 1.29 is 9.53 Å². The number of hydrogen-bond donors (Lipinski definition) is 1. The number of rotatable bonds is 7. The van der Waals surface area contributed by atoms with Gasteiger partial charge in [0.2, 0.25) is 5.91 Å². The highest BCUT2D eigenvalue weighted by atomic mass is 35.5. The Bertz CT molecular complexity index is 737. The molecular formula is C20H27ClN4O2. The van der Waals surface area contributed by atoms with E-state index in [0.717, 1.165) is 49.6 Å². The van der Waals surface area contributed by atoms with Crippen LogP contribution in [-0.4, -0.2) is 59.7 Å². The number of nitrogens with one attached hydrogen (secondary N) is 1. The van der Waals surface area contributed by atoms with E-state index in [9.17, 15) is 4.79 Å². The van der Waals surface area contributed by atoms with Crippen molar-refractivity contribution in [1.82, 2.24) is 20.0 Å². The summed E-state index contributed by atoms with van der Waals surface area (Å²) in [4.78, 5) is 16.5. The lowest BCUT2D eigenvalue weighted by Gasteiger charge is -2.31. The number of amides is 1. The summed E-state index contributed by atoms with van der Waals surface area (Å²) in [6.07, 6.45) is 2.30. The molecule has 0 aliphatic carbocycles. The van der Waals surface area contributed by atoms with Gasteiger partial charge in [-0.3, -0.25) is 9.89 Å². The summed E-state index contributed by atoms with van der Waals surface area (Å²) in [7, 11) is 4.09. The van der Waals surface area contributed by atoms with Crippen LogP contribution in [0.4, 0.5) is 0 Å². The van der Waals surface area contributed by atoms with Crippen LogP contribution in [-0.2, 0) is 11.3 Å². The highest BCUT2D eigenvalue weighted by Crippen LogP contribution is 2.27. The van der Waals surface area contributed by atoms with Crippen LogP contribution in [0.25, 0.3) is 0 Å². The van der Waals surface area contributed by atoms with E-state index in [0.29, 0.717) is 24.0 Å². The molecule has 1 amide bonds. The van der Waals surface area contributed by atoms with Crippen molar-refractivity contribution in [1.29, 1.82) is 0 Å². The molecule has 0 radical (unpaired) electrons. The van der Waals surface area contributed by atoms with Crippen molar-refractivity contribution >= 4 is 17.5 Å². The van der Waals surface area contributed by atoms with Crippen molar-refractivity contribution in [2.24, 2.45) is 0 Å². The van der Waals surface area contributed by atoms with Crippen LogP contribution in [0.2, 0.25) is 5.02 Å². The Hall–Kier alpha value is -2.05. The first-order valence-corrected chi connectivity index (χ1v) is 9.74. The fraction of sp³-hybridized carbons (Fsp3) is 0.500. The average Bonchev–Trinajstić information content (AvgIpc) is 3.11. The smallest absolute Gasteiger partial charge is 0.225 e. The van der Waals surface area contributed by atoms with Gasteiger partial charge in [-0.25, -0.2) is 0 Å². The summed E-state index contributed by atoms with van der Waals surface area (Å²) < 4.78 is 5.62. The van der Waals surface area contributed by atoms with E-state index in [-0.39, 0.29) is 5.91 Å². The third-order valence-corrected chi connectivity index (χ3v) is 5.05. The predicted molar refractivity (Wildman–Crippen MR) is 106 cm³/mol. The van der Waals surface area contributed by atoms with Crippen LogP contribution in [0, 0.1) is 0 Å². The zero-order valence-corrected chi connectivity index (χ0v) is 16.7. The number of benzene rings is 1. The summed E-state index contributed by atoms with van der Waals surface area (Å²) in [6.45, 7) is 2.80. The zero-order valence-electron chi connectivity index (χ0n) is 15.9. The summed E-state index contributed by atoms with van der Waals surface area (Å²) >= 11 is 5.85. The molecule has 0 atom stereocenters. The number of piperidine rings is 1. The Kier molecular flexibility index (Phi) is 6.74. The standard InChI is InChI=1S/C20H27ClN4O2/c1-24(2)14-17-13-19(23-22-17)15-7-10-25(11-8-15)20(26)9-12-27-18-5-3-16(21)4-6-18/h3-6,13,15H,7-12,14H2,1-2H3,(H,22,23). The monoisotopic (exact) mass is 390 g/mol. The molecule has 0 bridgehead atoms. The van der Waals surface area contributed by atoms with Gasteiger partial charge in [0, 0.05) is 36.3 Å². The molecule has 1 aromatic heterocycles. The molecule has 1 aromatic carbocycles. The largest absolute Gasteiger partial charge is 0.493 e. The molecule has 1 saturated heterocycles. The maximum atomic E-state index is 12.4. The van der Waals surface area contributed by atoms with Gasteiger partial charge in [0.05, 0.1) is 18.7 Å². The summed E-state index contributed by atoms with van der Waals surface area (Å²) in [5, 5.41) is 8.26. The topological polar surface area (TPSA) is 61.5 Å². The van der Waals surface area contributed by atoms with E-state index in [2.05, 4.69) is 21.2 Å². The lowest BCUT2D eigenvalue weighted by atomic mass is 9.93. The molecule has 2 aromatic rings. The molecule has 1 aliphatic rings. The number of aromatic amines is 1. The average molecular weight is 391 g/mol. The number of nitrogens with zero attached hydrogens (tertiary/aromatic N) is 3. The molecule has 146 valence electrons. The molecule has 0 saturated carbocycles. The highest BCUT2D eigenvalue weighted by Gasteiger charge is 2.25. The van der Waals surface area contributed by atoms with Gasteiger partial charge < -0.3 is 14.5 Å². The Balaban J connectivity index is 1.41. The van der Waals surface area contributed by atoms with Gasteiger partial charge in [-0.15, -0.1) is 0 Å². The first kappa shape index (κ1) is 19.7. The van der Waals surface area contributed by atoms with E-state index in [4.69, 9.17) is 16.3 Å². The quantitative estimate of drug-likeness (QED) is 0.787. The first-order chi connectivity index (χ1) is 13.0. The third kappa shape index (κ3) is 5.71. The van der Waals surface area contributed by atoms with Gasteiger partial charge >= 0.3 is 0 Å². The van der Waals surface area contributed by atoms with Gasteiger partial charge in [0.1, 0.15) is 5.75 Å². The number of H-pyrrole nitrogens is 1. The number of carbonyl (C=O) groups excluding carboxylic acids is 1. The Morgan fingerprint density at radius 3 is 2.67 bits per heavy atom. The molecule has 27 heavy (non-hydrogen) atoms. The summed E-state index contributed by atoms with van der Waals surface area (Å²) in [5.74, 6) is 1.31. The molecule has 3 rings (SSSR count). The number of likely N-dealkylation sites (tertiary alicyclic amines) is 1. The molecule has 1 fully saturated rings. The predicted octanol–water partition coefficient (Wildman–Crippen LogP) is 3.30. The molecule has 2 heterocycles. The first-order valence-electron chi connectivity index (χ1n) is 9.36. The lowest BCUT2D eigenvalue weighted by Crippen LogP contribution is -2.38. The van der Waals surface area contributed by atoms with Crippen LogP contribution < -0.4 is 4.74 Å². The molecule has 0 unspecified atom stereocenters. The van der Waals surface area contributed by atoms with Gasteiger partial charge in [-0.05, 0) is 57.3 Å². The molecule has 1 N–H and O–H groups in total. The van der Waals surface area contributed by atoms with Crippen molar-refractivity contribution in [3.05, 3.63) is 46.7 Å². The normalized spacial score (nSPS) is 15.3. The maximum Gasteiger partial charge on any atom is 0.225 e. The number of aromatic nitrogens is 2. The van der Waals surface area contributed by atoms with Crippen LogP contribution in [0.1, 0.15) is 36.6 Å². The van der Waals surface area contributed by atoms with Gasteiger partial charge in [0.15, 0.2) is 0 Å². The number of halogens is 1. The van der Waals surface area contributed by atoms with E-state index >= 15 is 0 Å². The Morgan fingerprint density at radius 1 is 1.30 bits per heavy atom. The number of hydrogen-bond acceptors (Lipinski definition) is 4. The van der Waals surface area contributed by atoms with Crippen molar-refractivity contribution in [3.63, 3.8) is 0 Å². The van der Waals surface area contributed by atoms with E-state index in [1.807, 2.05) is 31.1 Å². The highest BCUT2D eigenvalue weighted by molar-refractivity contribution is 6.30. The molecule has 0 spiro atoms. The summed E-state index contributed by atoms with van der Waals surface area (Å²) in [5.41, 5.74) is 2.25. The fourth-order valence-electron chi connectivity index (χ4n) is 3.38. The number of ether oxygens (including phenoxy) is 1. The molecular weight excluding hydrogens is 364 g/mol. The maximum absolute atomic E-state index is 12.4. The minimum absolute atomic E-state index is 0.151. The van der Waals surface area contributed by atoms with Crippen LogP contribution in [0.5, 0.6) is 5.75 Å². The minimum Gasteiger partial charge on any atom is -0.493 e. The Morgan fingerprint density at radius 2 is 2.00 bits per heavy atom. The van der Waals surface area contributed by atoms with Gasteiger partial charge in [-0.1, -0.05) is 11.6 Å². The Labute approximate surface area is 165 Å². The van der Waals surface area contributed by atoms with Crippen molar-refractivity contribution in [2.45, 2.75) is 31.7 Å². The third-order valence-electron chi connectivity index (χ3n) is 4.80. The second-order valence-corrected chi connectivity index (χ2v) is 7.70. The molecule has 1 aliphatic heterocycles. The lowest BCUT2D eigenvalue weighted by molar-refractivity contribution is -0.132. The van der Waals surface area contributed by atoms with Crippen molar-refractivity contribution in [3.8, 4) is 5.75 Å². The van der Waals surface area contributed by atoms with Crippen LogP contribution >= 0.6 is 11.6 Å². The van der Waals surface area contributed by atoms with Crippen LogP contribution in [0.3, 0.4) is 0 Å². The molecule has 7 heteroatoms. The van der Waals surface area contributed by atoms with Crippen LogP contribution in [0.15, 0.2) is 30.3 Å². The second kappa shape index (κ2) is 9.24. The van der Waals surface area contributed by atoms with Gasteiger partial charge in [-0.2, -0.15) is 5.10 Å². The van der Waals surface area contributed by atoms with Crippen molar-refractivity contribution in [2.75, 3.05) is 33.8 Å². The van der Waals surface area contributed by atoms with E-state index in [1.165, 1.54) is 0 Å². The number of carbonyl (C=O) groups is 1. The van der Waals surface area contributed by atoms with Gasteiger partial charge in [0.25, 0.3) is 0 Å². The van der Waals surface area contributed by atoms with E-state index < -0.39 is 0 Å². The SMILES string of the molecule is CN(C)Cc1cc(C2CCN(C(=O)CCOc3ccc(Cl)cc3)CC2)n[nH]1. The minimum atomic E-state index is 0.151. The molecule has 6 nitrogen and oxygen atoms in total. The second-order valence-electron chi connectivity index (χ2n) is 7.26. The fourth-order valence-corrected chi connectivity index (χ4v) is 3.51. The van der Waals surface area contributed by atoms with E-state index in [1.54, 1.807) is 12.1 Å².